The second-order valence-corrected chi connectivity index (χ2v) is 8.88. The Hall–Kier alpha value is -2.04. The summed E-state index contributed by atoms with van der Waals surface area (Å²) >= 11 is 2.90. The van der Waals surface area contributed by atoms with Gasteiger partial charge < -0.3 is 24.4 Å². The zero-order valence-corrected chi connectivity index (χ0v) is 19.2. The third-order valence-corrected chi connectivity index (χ3v) is 6.74. The Labute approximate surface area is 185 Å². The lowest BCUT2D eigenvalue weighted by Crippen LogP contribution is -2.37. The van der Waals surface area contributed by atoms with Crippen molar-refractivity contribution in [1.29, 1.82) is 0 Å². The van der Waals surface area contributed by atoms with Gasteiger partial charge in [-0.15, -0.1) is 10.2 Å². The van der Waals surface area contributed by atoms with Crippen molar-refractivity contribution in [2.24, 2.45) is 0 Å². The topological polar surface area (TPSA) is 85.8 Å². The second kappa shape index (κ2) is 11.4. The third kappa shape index (κ3) is 5.99. The van der Waals surface area contributed by atoms with Crippen molar-refractivity contribution in [3.8, 4) is 11.5 Å². The van der Waals surface area contributed by atoms with Gasteiger partial charge in [0.15, 0.2) is 15.8 Å². The van der Waals surface area contributed by atoms with Crippen molar-refractivity contribution in [3.05, 3.63) is 23.3 Å². The molecule has 0 radical (unpaired) electrons. The van der Waals surface area contributed by atoms with E-state index in [-0.39, 0.29) is 5.91 Å². The average Bonchev–Trinajstić information content (AvgIpc) is 3.23. The number of carbonyl (C=O) groups excluding carboxylic acids is 1. The molecule has 2 aromatic rings. The summed E-state index contributed by atoms with van der Waals surface area (Å²) in [7, 11) is 3.26. The number of anilines is 1. The molecule has 3 rings (SSSR count). The minimum absolute atomic E-state index is 0.0989. The molecule has 0 atom stereocenters. The maximum absolute atomic E-state index is 12.7. The number of ether oxygens (including phenoxy) is 3. The lowest BCUT2D eigenvalue weighted by Gasteiger charge is -2.29. The van der Waals surface area contributed by atoms with Gasteiger partial charge in [-0.05, 0) is 43.0 Å². The van der Waals surface area contributed by atoms with Crippen LogP contribution in [0.4, 0.5) is 5.13 Å². The fraction of sp³-hybridized carbons (Fsp3) is 0.550. The third-order valence-electron chi connectivity index (χ3n) is 4.74. The van der Waals surface area contributed by atoms with E-state index in [0.29, 0.717) is 24.6 Å². The summed E-state index contributed by atoms with van der Waals surface area (Å²) in [5.74, 6) is 1.86. The molecule has 1 aromatic heterocycles. The van der Waals surface area contributed by atoms with Gasteiger partial charge in [-0.1, -0.05) is 23.1 Å². The molecule has 0 spiro atoms. The van der Waals surface area contributed by atoms with Crippen LogP contribution in [0.15, 0.2) is 16.5 Å². The number of amides is 1. The molecule has 0 saturated carbocycles. The van der Waals surface area contributed by atoms with Crippen molar-refractivity contribution in [3.63, 3.8) is 0 Å². The molecule has 0 aliphatic carbocycles. The van der Waals surface area contributed by atoms with Gasteiger partial charge in [0.2, 0.25) is 11.0 Å². The van der Waals surface area contributed by atoms with Gasteiger partial charge in [0.25, 0.3) is 0 Å². The molecule has 1 N–H and O–H groups in total. The van der Waals surface area contributed by atoms with Gasteiger partial charge in [-0.2, -0.15) is 0 Å². The van der Waals surface area contributed by atoms with Crippen LogP contribution in [-0.4, -0.2) is 67.3 Å². The van der Waals surface area contributed by atoms with Crippen LogP contribution >= 0.6 is 23.1 Å². The van der Waals surface area contributed by atoms with Crippen molar-refractivity contribution >= 4 is 34.1 Å². The summed E-state index contributed by atoms with van der Waals surface area (Å²) in [4.78, 5) is 14.6. The summed E-state index contributed by atoms with van der Waals surface area (Å²) in [6.07, 6.45) is 1.72. The Balaban J connectivity index is 1.48. The number of hydrogen-bond donors (Lipinski definition) is 1. The van der Waals surface area contributed by atoms with Crippen molar-refractivity contribution in [2.45, 2.75) is 30.6 Å². The highest BCUT2D eigenvalue weighted by Crippen LogP contribution is 2.33. The molecular weight excluding hydrogens is 424 g/mol. The minimum atomic E-state index is 0.0989. The van der Waals surface area contributed by atoms with E-state index in [4.69, 9.17) is 14.2 Å². The Morgan fingerprint density at radius 2 is 2.00 bits per heavy atom. The van der Waals surface area contributed by atoms with Gasteiger partial charge >= 0.3 is 0 Å². The zero-order chi connectivity index (χ0) is 21.3. The number of methoxy groups -OCH3 is 2. The van der Waals surface area contributed by atoms with Crippen LogP contribution in [0.3, 0.4) is 0 Å². The van der Waals surface area contributed by atoms with Gasteiger partial charge in [0, 0.05) is 32.8 Å². The zero-order valence-electron chi connectivity index (χ0n) is 17.6. The van der Waals surface area contributed by atoms with Gasteiger partial charge in [0.1, 0.15) is 0 Å². The highest BCUT2D eigenvalue weighted by atomic mass is 32.2. The fourth-order valence-electron chi connectivity index (χ4n) is 3.16. The Morgan fingerprint density at radius 3 is 2.73 bits per heavy atom. The lowest BCUT2D eigenvalue weighted by atomic mass is 9.99. The molecule has 1 aliphatic rings. The molecule has 2 heterocycles. The smallest absolute Gasteiger partial charge is 0.233 e. The summed E-state index contributed by atoms with van der Waals surface area (Å²) in [5.41, 5.74) is 2.31. The van der Waals surface area contributed by atoms with E-state index in [1.165, 1.54) is 28.7 Å². The van der Waals surface area contributed by atoms with E-state index >= 15 is 0 Å². The molecule has 30 heavy (non-hydrogen) atoms. The fourth-order valence-corrected chi connectivity index (χ4v) is 4.84. The minimum Gasteiger partial charge on any atom is -0.493 e. The van der Waals surface area contributed by atoms with Gasteiger partial charge in [-0.3, -0.25) is 4.79 Å². The first kappa shape index (κ1) is 22.6. The normalized spacial score (nSPS) is 13.1. The molecular formula is C20H28N4O4S2. The Bertz CT molecular complexity index is 846. The predicted molar refractivity (Wildman–Crippen MR) is 119 cm³/mol. The molecule has 1 amide bonds. The Kier molecular flexibility index (Phi) is 8.59. The first-order chi connectivity index (χ1) is 14.6. The number of rotatable bonds is 11. The number of thioether (sulfide) groups is 1. The van der Waals surface area contributed by atoms with E-state index < -0.39 is 0 Å². The molecule has 10 heteroatoms. The summed E-state index contributed by atoms with van der Waals surface area (Å²) in [6.45, 7) is 5.52. The van der Waals surface area contributed by atoms with Crippen molar-refractivity contribution in [1.82, 2.24) is 15.1 Å². The van der Waals surface area contributed by atoms with E-state index in [1.54, 1.807) is 14.2 Å². The van der Waals surface area contributed by atoms with E-state index in [0.717, 1.165) is 53.4 Å². The molecule has 0 bridgehead atoms. The molecule has 1 aliphatic heterocycles. The Morgan fingerprint density at radius 1 is 1.23 bits per heavy atom. The number of nitrogens with zero attached hydrogens (tertiary/aromatic N) is 3. The summed E-state index contributed by atoms with van der Waals surface area (Å²) < 4.78 is 16.9. The van der Waals surface area contributed by atoms with Crippen LogP contribution in [0, 0.1) is 0 Å². The average molecular weight is 453 g/mol. The largest absolute Gasteiger partial charge is 0.493 e. The van der Waals surface area contributed by atoms with Crippen LogP contribution in [0.25, 0.3) is 0 Å². The molecule has 0 fully saturated rings. The van der Waals surface area contributed by atoms with Crippen LogP contribution in [0.2, 0.25) is 0 Å². The quantitative estimate of drug-likeness (QED) is 0.411. The first-order valence-corrected chi connectivity index (χ1v) is 11.7. The van der Waals surface area contributed by atoms with Gasteiger partial charge in [-0.25, -0.2) is 0 Å². The second-order valence-electron chi connectivity index (χ2n) is 6.68. The maximum Gasteiger partial charge on any atom is 0.233 e. The molecule has 1 aromatic carbocycles. The first-order valence-electron chi connectivity index (χ1n) is 9.94. The molecule has 0 saturated heterocycles. The molecule has 164 valence electrons. The monoisotopic (exact) mass is 452 g/mol. The lowest BCUT2D eigenvalue weighted by molar-refractivity contribution is -0.129. The van der Waals surface area contributed by atoms with E-state index in [1.807, 2.05) is 24.0 Å². The van der Waals surface area contributed by atoms with Crippen LogP contribution < -0.4 is 14.8 Å². The highest BCUT2D eigenvalue weighted by molar-refractivity contribution is 8.01. The van der Waals surface area contributed by atoms with E-state index in [2.05, 4.69) is 15.5 Å². The summed E-state index contributed by atoms with van der Waals surface area (Å²) in [6, 6.07) is 3.98. The number of hydrogen-bond acceptors (Lipinski definition) is 9. The summed E-state index contributed by atoms with van der Waals surface area (Å²) in [5, 5.41) is 12.3. The SMILES string of the molecule is CCOCCCNc1nnc(SCC(=O)N2CCc3cc(OC)c(OC)cc3C2)s1. The number of nitrogens with one attached hydrogen (secondary N) is 1. The van der Waals surface area contributed by atoms with Gasteiger partial charge in [0.05, 0.1) is 20.0 Å². The number of benzene rings is 1. The van der Waals surface area contributed by atoms with Crippen LogP contribution in [0.1, 0.15) is 24.5 Å². The van der Waals surface area contributed by atoms with Crippen LogP contribution in [0.5, 0.6) is 11.5 Å². The van der Waals surface area contributed by atoms with Crippen molar-refractivity contribution in [2.75, 3.05) is 51.6 Å². The van der Waals surface area contributed by atoms with E-state index in [9.17, 15) is 4.79 Å². The number of carbonyl (C=O) groups is 1. The van der Waals surface area contributed by atoms with Crippen LogP contribution in [-0.2, 0) is 22.5 Å². The molecule has 8 nitrogen and oxygen atoms in total. The highest BCUT2D eigenvalue weighted by Gasteiger charge is 2.23. The predicted octanol–water partition coefficient (Wildman–Crippen LogP) is 3.07. The standard InChI is InChI=1S/C20H28N4O4S2/c1-4-28-9-5-7-21-19-22-23-20(30-19)29-13-18(25)24-8-6-14-10-16(26-2)17(27-3)11-15(14)12-24/h10-11H,4-9,12-13H2,1-3H3,(H,21,22). The van der Waals surface area contributed by atoms with Crippen molar-refractivity contribution < 1.29 is 19.0 Å². The maximum atomic E-state index is 12.7. The molecule has 0 unspecified atom stereocenters. The number of fused-ring (bicyclic) bond motifs is 1. The number of aromatic nitrogens is 2.